The van der Waals surface area contributed by atoms with Gasteiger partial charge in [-0.25, -0.2) is 9.00 Å². The molecule has 0 spiro atoms. The van der Waals surface area contributed by atoms with E-state index in [0.717, 1.165) is 30.5 Å². The molecule has 1 amide bonds. The van der Waals surface area contributed by atoms with Crippen LogP contribution in [0.2, 0.25) is 0 Å². The van der Waals surface area contributed by atoms with E-state index in [1.807, 2.05) is 18.2 Å². The van der Waals surface area contributed by atoms with Crippen LogP contribution in [0, 0.1) is 0 Å². The summed E-state index contributed by atoms with van der Waals surface area (Å²) in [5, 5.41) is 0. The molecule has 1 aliphatic heterocycles. The number of rotatable bonds is 10. The predicted molar refractivity (Wildman–Crippen MR) is 127 cm³/mol. The second kappa shape index (κ2) is 11.0. The Balaban J connectivity index is 2.03. The molecule has 2 atom stereocenters. The Morgan fingerprint density at radius 1 is 1.27 bits per heavy atom. The topological polar surface area (TPSA) is 79.8 Å². The fourth-order valence-corrected chi connectivity index (χ4v) is 5.26. The van der Waals surface area contributed by atoms with Crippen LogP contribution in [0.15, 0.2) is 77.6 Å². The highest BCUT2D eigenvalue weighted by Gasteiger charge is 2.43. The van der Waals surface area contributed by atoms with Crippen molar-refractivity contribution in [3.8, 4) is 0 Å². The first-order valence-electron chi connectivity index (χ1n) is 10.9. The Morgan fingerprint density at radius 3 is 2.67 bits per heavy atom. The van der Waals surface area contributed by atoms with Crippen LogP contribution in [0.4, 0.5) is 0 Å². The number of amides is 1. The van der Waals surface area contributed by atoms with Crippen LogP contribution in [0.3, 0.4) is 0 Å². The van der Waals surface area contributed by atoms with Crippen LogP contribution in [-0.4, -0.2) is 43.4 Å². The van der Waals surface area contributed by atoms with Crippen molar-refractivity contribution in [2.24, 2.45) is 0 Å². The predicted octanol–water partition coefficient (Wildman–Crippen LogP) is 4.21. The van der Waals surface area contributed by atoms with Gasteiger partial charge in [0.15, 0.2) is 11.0 Å². The lowest BCUT2D eigenvalue weighted by Gasteiger charge is -2.48. The number of benzene rings is 1. The van der Waals surface area contributed by atoms with Crippen molar-refractivity contribution in [1.29, 1.82) is 0 Å². The van der Waals surface area contributed by atoms with E-state index in [0.29, 0.717) is 16.3 Å². The van der Waals surface area contributed by atoms with Crippen LogP contribution in [0.5, 0.6) is 0 Å². The number of hydrogen-bond donors (Lipinski definition) is 0. The fraction of sp³-hybridized carbons (Fsp3) is 0.320. The Hall–Kier alpha value is -3.26. The zero-order valence-electron chi connectivity index (χ0n) is 19.2. The minimum Gasteiger partial charge on any atom is -0.465 e. The highest BCUT2D eigenvalue weighted by molar-refractivity contribution is 7.83. The van der Waals surface area contributed by atoms with Crippen molar-refractivity contribution in [2.45, 2.75) is 50.6 Å². The van der Waals surface area contributed by atoms with Crippen LogP contribution in [0.1, 0.15) is 49.2 Å². The molecule has 0 saturated carbocycles. The number of ether oxygens (including phenoxy) is 1. The molecule has 1 aliphatic rings. The lowest BCUT2D eigenvalue weighted by atomic mass is 9.94. The molecule has 0 saturated heterocycles. The summed E-state index contributed by atoms with van der Waals surface area (Å²) in [6.07, 6.45) is 6.11. The van der Waals surface area contributed by atoms with E-state index in [1.54, 1.807) is 45.7 Å². The maximum Gasteiger partial charge on any atom is 0.337 e. The number of pyridine rings is 1. The Kier molecular flexibility index (Phi) is 8.16. The van der Waals surface area contributed by atoms with E-state index < -0.39 is 17.0 Å². The normalized spacial score (nSPS) is 16.1. The summed E-state index contributed by atoms with van der Waals surface area (Å²) in [6.45, 7) is 7.79. The van der Waals surface area contributed by atoms with Crippen molar-refractivity contribution < 1.29 is 18.5 Å². The minimum absolute atomic E-state index is 0.148. The average molecular weight is 468 g/mol. The van der Waals surface area contributed by atoms with E-state index in [4.69, 9.17) is 4.74 Å². The van der Waals surface area contributed by atoms with E-state index in [1.165, 1.54) is 14.0 Å². The lowest BCUT2D eigenvalue weighted by molar-refractivity contribution is -0.128. The van der Waals surface area contributed by atoms with Gasteiger partial charge in [0.2, 0.25) is 5.91 Å². The van der Waals surface area contributed by atoms with E-state index in [9.17, 15) is 13.8 Å². The van der Waals surface area contributed by atoms with Gasteiger partial charge >= 0.3 is 5.97 Å². The van der Waals surface area contributed by atoms with Crippen LogP contribution < -0.4 is 0 Å². The molecule has 1 unspecified atom stereocenters. The highest BCUT2D eigenvalue weighted by atomic mass is 32.2. The molecule has 1 aromatic carbocycles. The van der Waals surface area contributed by atoms with Gasteiger partial charge in [-0.05, 0) is 36.8 Å². The standard InChI is InChI=1S/C25H29N3O4S/c1-5-7-14-23-22(6-2)24(27(18(3)29)17-20-12-8-9-15-26-20)28(23)33(31)21-13-10-11-19(16-21)25(30)32-4/h6,8-13,15-16,23H,2,5,7,14,17H2,1,3-4H3/t23-,33?/m0/s1. The van der Waals surface area contributed by atoms with E-state index in [-0.39, 0.29) is 18.5 Å². The number of nitrogens with zero attached hydrogens (tertiary/aromatic N) is 3. The number of methoxy groups -OCH3 is 1. The molecular weight excluding hydrogens is 438 g/mol. The monoisotopic (exact) mass is 467 g/mol. The van der Waals surface area contributed by atoms with Gasteiger partial charge in [-0.2, -0.15) is 0 Å². The van der Waals surface area contributed by atoms with Crippen LogP contribution >= 0.6 is 0 Å². The number of hydrogen-bond acceptors (Lipinski definition) is 5. The molecule has 2 heterocycles. The zero-order valence-corrected chi connectivity index (χ0v) is 20.0. The summed E-state index contributed by atoms with van der Waals surface area (Å²) >= 11 is 0. The molecule has 0 fully saturated rings. The first-order chi connectivity index (χ1) is 15.9. The summed E-state index contributed by atoms with van der Waals surface area (Å²) < 4.78 is 20.3. The van der Waals surface area contributed by atoms with Crippen LogP contribution in [0.25, 0.3) is 0 Å². The van der Waals surface area contributed by atoms with Gasteiger partial charge in [0.25, 0.3) is 0 Å². The van der Waals surface area contributed by atoms with Gasteiger partial charge < -0.3 is 4.74 Å². The minimum atomic E-state index is -1.65. The van der Waals surface area contributed by atoms with E-state index in [2.05, 4.69) is 18.5 Å². The summed E-state index contributed by atoms with van der Waals surface area (Å²) in [7, 11) is -0.338. The molecular formula is C25H29N3O4S. The molecule has 0 radical (unpaired) electrons. The summed E-state index contributed by atoms with van der Waals surface area (Å²) in [5.41, 5.74) is 1.92. The second-order valence-corrected chi connectivity index (χ2v) is 9.02. The number of carbonyl (C=O) groups excluding carboxylic acids is 2. The number of carbonyl (C=O) groups is 2. The third kappa shape index (κ3) is 5.22. The average Bonchev–Trinajstić information content (AvgIpc) is 2.83. The van der Waals surface area contributed by atoms with Gasteiger partial charge in [-0.1, -0.05) is 44.6 Å². The second-order valence-electron chi connectivity index (χ2n) is 7.66. The SMILES string of the molecule is C=CC1=C(N(Cc2ccccn2)C(C)=O)N(S(=O)c2cccc(C(=O)OC)c2)[C@H]1CCCC. The smallest absolute Gasteiger partial charge is 0.337 e. The summed E-state index contributed by atoms with van der Waals surface area (Å²) in [5.74, 6) is -0.122. The van der Waals surface area contributed by atoms with Gasteiger partial charge in [0, 0.05) is 18.7 Å². The summed E-state index contributed by atoms with van der Waals surface area (Å²) in [6, 6.07) is 11.9. The molecule has 2 aromatic rings. The number of esters is 1. The molecule has 3 rings (SSSR count). The van der Waals surface area contributed by atoms with Crippen molar-refractivity contribution >= 4 is 22.9 Å². The van der Waals surface area contributed by atoms with Gasteiger partial charge in [0.1, 0.15) is 5.82 Å². The fourth-order valence-electron chi connectivity index (χ4n) is 3.80. The highest BCUT2D eigenvalue weighted by Crippen LogP contribution is 2.40. The maximum atomic E-state index is 13.8. The third-order valence-corrected chi connectivity index (χ3v) is 6.92. The maximum absolute atomic E-state index is 13.8. The van der Waals surface area contributed by atoms with Gasteiger partial charge in [-0.15, -0.1) is 0 Å². The largest absolute Gasteiger partial charge is 0.465 e. The first kappa shape index (κ1) is 24.4. The zero-order chi connectivity index (χ0) is 24.0. The lowest BCUT2D eigenvalue weighted by Crippen LogP contribution is -2.53. The Labute approximate surface area is 197 Å². The summed E-state index contributed by atoms with van der Waals surface area (Å²) in [4.78, 5) is 31.1. The molecule has 1 aromatic heterocycles. The third-order valence-electron chi connectivity index (χ3n) is 5.48. The molecule has 0 bridgehead atoms. The molecule has 0 N–H and O–H groups in total. The van der Waals surface area contributed by atoms with Crippen molar-refractivity contribution in [3.05, 3.63) is 84.0 Å². The Morgan fingerprint density at radius 2 is 2.06 bits per heavy atom. The molecule has 0 aliphatic carbocycles. The first-order valence-corrected chi connectivity index (χ1v) is 12.0. The van der Waals surface area contributed by atoms with Crippen molar-refractivity contribution in [3.63, 3.8) is 0 Å². The van der Waals surface area contributed by atoms with Gasteiger partial charge in [-0.3, -0.25) is 19.0 Å². The van der Waals surface area contributed by atoms with Gasteiger partial charge in [0.05, 0.1) is 35.8 Å². The number of unbranched alkanes of at least 4 members (excludes halogenated alkanes) is 1. The Bertz CT molecular complexity index is 1080. The van der Waals surface area contributed by atoms with Crippen molar-refractivity contribution in [2.75, 3.05) is 7.11 Å². The molecule has 8 heteroatoms. The quantitative estimate of drug-likeness (QED) is 0.489. The van der Waals surface area contributed by atoms with E-state index >= 15 is 0 Å². The number of aromatic nitrogens is 1. The molecule has 33 heavy (non-hydrogen) atoms. The molecule has 174 valence electrons. The van der Waals surface area contributed by atoms with Crippen molar-refractivity contribution in [1.82, 2.24) is 14.2 Å². The molecule has 7 nitrogen and oxygen atoms in total. The van der Waals surface area contributed by atoms with Crippen LogP contribution in [-0.2, 0) is 27.1 Å².